The monoisotopic (exact) mass is 452 g/mol. The number of ketones is 1. The quantitative estimate of drug-likeness (QED) is 0.243. The third-order valence-corrected chi connectivity index (χ3v) is 6.58. The van der Waals surface area contributed by atoms with Gasteiger partial charge in [-0.05, 0) is 65.3 Å². The normalized spacial score (nSPS) is 10.8. The molecule has 0 N–H and O–H groups in total. The van der Waals surface area contributed by atoms with Crippen molar-refractivity contribution in [1.29, 1.82) is 0 Å². The van der Waals surface area contributed by atoms with Crippen LogP contribution in [0.1, 0.15) is 32.6 Å². The molecule has 0 heterocycles. The fourth-order valence-electron chi connectivity index (χ4n) is 5.13. The molecule has 170 valence electrons. The van der Waals surface area contributed by atoms with Gasteiger partial charge in [0, 0.05) is 11.1 Å². The van der Waals surface area contributed by atoms with Crippen LogP contribution in [0.5, 0.6) is 0 Å². The van der Waals surface area contributed by atoms with Crippen molar-refractivity contribution in [2.45, 2.75) is 20.8 Å². The molecule has 0 aliphatic heterocycles. The smallest absolute Gasteiger partial charge is 0.194 e. The molecular weight excluding hydrogens is 424 g/mol. The number of carbonyl (C=O) groups excluding carboxylic acids is 1. The van der Waals surface area contributed by atoms with Crippen molar-refractivity contribution in [3.63, 3.8) is 0 Å². The van der Waals surface area contributed by atoms with Gasteiger partial charge in [-0.1, -0.05) is 121 Å². The lowest BCUT2D eigenvalue weighted by atomic mass is 9.83. The number of rotatable bonds is 5. The summed E-state index contributed by atoms with van der Waals surface area (Å²) in [5.74, 6) is 0.0670. The fraction of sp³-hybridized carbons (Fsp3) is 0.0882. The van der Waals surface area contributed by atoms with Crippen LogP contribution in [0.4, 0.5) is 0 Å². The lowest BCUT2D eigenvalue weighted by Crippen LogP contribution is -2.10. The Morgan fingerprint density at radius 1 is 0.457 bits per heavy atom. The van der Waals surface area contributed by atoms with Crippen LogP contribution in [0.2, 0.25) is 0 Å². The molecule has 5 aromatic carbocycles. The molecule has 0 saturated heterocycles. The Bertz CT molecular complexity index is 1490. The second kappa shape index (κ2) is 9.56. The first-order chi connectivity index (χ1) is 17.0. The number of carbonyl (C=O) groups is 1. The van der Waals surface area contributed by atoms with Crippen LogP contribution in [0.3, 0.4) is 0 Å². The van der Waals surface area contributed by atoms with Crippen molar-refractivity contribution in [3.8, 4) is 33.4 Å². The van der Waals surface area contributed by atoms with E-state index >= 15 is 0 Å². The van der Waals surface area contributed by atoms with E-state index in [9.17, 15) is 4.79 Å². The molecule has 1 nitrogen and oxygen atoms in total. The Hall–Kier alpha value is -4.23. The first kappa shape index (κ1) is 22.6. The Kier molecular flexibility index (Phi) is 6.16. The third kappa shape index (κ3) is 4.34. The zero-order valence-electron chi connectivity index (χ0n) is 20.4. The summed E-state index contributed by atoms with van der Waals surface area (Å²) in [7, 11) is 0. The summed E-state index contributed by atoms with van der Waals surface area (Å²) < 4.78 is 0. The maximum absolute atomic E-state index is 14.4. The van der Waals surface area contributed by atoms with Crippen LogP contribution < -0.4 is 0 Å². The van der Waals surface area contributed by atoms with Gasteiger partial charge in [-0.25, -0.2) is 0 Å². The largest absolute Gasteiger partial charge is 0.289 e. The molecule has 0 aromatic heterocycles. The molecule has 0 fully saturated rings. The van der Waals surface area contributed by atoms with Gasteiger partial charge in [0.25, 0.3) is 0 Å². The van der Waals surface area contributed by atoms with E-state index < -0.39 is 0 Å². The van der Waals surface area contributed by atoms with E-state index in [1.54, 1.807) is 0 Å². The molecule has 1 heteroatoms. The highest BCUT2D eigenvalue weighted by Gasteiger charge is 2.24. The van der Waals surface area contributed by atoms with Gasteiger partial charge in [-0.15, -0.1) is 0 Å². The summed E-state index contributed by atoms with van der Waals surface area (Å²) in [5, 5.41) is 0. The van der Waals surface area contributed by atoms with E-state index in [1.807, 2.05) is 44.2 Å². The average molecular weight is 453 g/mol. The molecule has 5 aromatic rings. The van der Waals surface area contributed by atoms with E-state index in [0.717, 1.165) is 55.6 Å². The van der Waals surface area contributed by atoms with Gasteiger partial charge >= 0.3 is 0 Å². The Balaban J connectivity index is 1.82. The van der Waals surface area contributed by atoms with Crippen molar-refractivity contribution in [1.82, 2.24) is 0 Å². The SMILES string of the molecule is Cc1cc(C)c(C(=O)c2c(-c3ccccc3)cccc2-c2ccccc2-c2ccccc2)c(C)c1. The molecule has 0 aliphatic carbocycles. The molecule has 0 amide bonds. The standard InChI is InChI=1S/C34H28O/c1-23-21-24(2)32(25(3)22-23)34(35)33-29(27-15-8-5-9-16-27)19-12-20-31(33)30-18-11-10-17-28(30)26-13-6-4-7-14-26/h4-22H,1-3H3. The predicted molar refractivity (Wildman–Crippen MR) is 147 cm³/mol. The van der Waals surface area contributed by atoms with Gasteiger partial charge < -0.3 is 0 Å². The van der Waals surface area contributed by atoms with E-state index in [1.165, 1.54) is 5.56 Å². The molecule has 0 radical (unpaired) electrons. The molecular formula is C34H28O. The number of benzene rings is 5. The summed E-state index contributed by atoms with van der Waals surface area (Å²) in [6, 6.07) is 39.4. The fourth-order valence-corrected chi connectivity index (χ4v) is 5.13. The first-order valence-corrected chi connectivity index (χ1v) is 12.0. The van der Waals surface area contributed by atoms with Crippen molar-refractivity contribution >= 4 is 5.78 Å². The minimum atomic E-state index is 0.0670. The van der Waals surface area contributed by atoms with E-state index in [0.29, 0.717) is 0 Å². The summed E-state index contributed by atoms with van der Waals surface area (Å²) in [5.41, 5.74) is 11.0. The Morgan fingerprint density at radius 2 is 0.914 bits per heavy atom. The van der Waals surface area contributed by atoms with Crippen molar-refractivity contribution in [2.24, 2.45) is 0 Å². The summed E-state index contributed by atoms with van der Waals surface area (Å²) in [6.07, 6.45) is 0. The van der Waals surface area contributed by atoms with Crippen molar-refractivity contribution in [2.75, 3.05) is 0 Å². The van der Waals surface area contributed by atoms with Gasteiger partial charge in [0.15, 0.2) is 5.78 Å². The maximum atomic E-state index is 14.4. The highest BCUT2D eigenvalue weighted by atomic mass is 16.1. The van der Waals surface area contributed by atoms with Gasteiger partial charge in [0.05, 0.1) is 0 Å². The van der Waals surface area contributed by atoms with Crippen molar-refractivity contribution < 1.29 is 4.79 Å². The molecule has 0 saturated carbocycles. The zero-order chi connectivity index (χ0) is 24.4. The molecule has 0 unspecified atom stereocenters. The molecule has 0 aliphatic rings. The van der Waals surface area contributed by atoms with E-state index in [-0.39, 0.29) is 5.78 Å². The lowest BCUT2D eigenvalue weighted by Gasteiger charge is -2.19. The third-order valence-electron chi connectivity index (χ3n) is 6.58. The summed E-state index contributed by atoms with van der Waals surface area (Å²) in [6.45, 7) is 6.15. The Labute approximate surface area is 207 Å². The van der Waals surface area contributed by atoms with Crippen LogP contribution in [-0.4, -0.2) is 5.78 Å². The highest BCUT2D eigenvalue weighted by molar-refractivity contribution is 6.18. The zero-order valence-corrected chi connectivity index (χ0v) is 20.4. The molecule has 0 bridgehead atoms. The minimum absolute atomic E-state index is 0.0670. The van der Waals surface area contributed by atoms with Crippen LogP contribution >= 0.6 is 0 Å². The second-order valence-electron chi connectivity index (χ2n) is 9.11. The minimum Gasteiger partial charge on any atom is -0.289 e. The molecule has 5 rings (SSSR count). The summed E-state index contributed by atoms with van der Waals surface area (Å²) in [4.78, 5) is 14.4. The van der Waals surface area contributed by atoms with Crippen LogP contribution in [0.15, 0.2) is 115 Å². The van der Waals surface area contributed by atoms with Crippen molar-refractivity contribution in [3.05, 3.63) is 143 Å². The van der Waals surface area contributed by atoms with E-state index in [4.69, 9.17) is 0 Å². The average Bonchev–Trinajstić information content (AvgIpc) is 2.88. The van der Waals surface area contributed by atoms with Gasteiger partial charge in [-0.2, -0.15) is 0 Å². The number of hydrogen-bond donors (Lipinski definition) is 0. The lowest BCUT2D eigenvalue weighted by molar-refractivity contribution is 0.103. The van der Waals surface area contributed by atoms with Gasteiger partial charge in [0.1, 0.15) is 0 Å². The Morgan fingerprint density at radius 3 is 1.51 bits per heavy atom. The number of aryl methyl sites for hydroxylation is 3. The number of hydrogen-bond acceptors (Lipinski definition) is 1. The maximum Gasteiger partial charge on any atom is 0.194 e. The molecule has 0 spiro atoms. The molecule has 35 heavy (non-hydrogen) atoms. The molecule has 0 atom stereocenters. The second-order valence-corrected chi connectivity index (χ2v) is 9.11. The van der Waals surface area contributed by atoms with Crippen LogP contribution in [0.25, 0.3) is 33.4 Å². The van der Waals surface area contributed by atoms with Crippen LogP contribution in [0, 0.1) is 20.8 Å². The van der Waals surface area contributed by atoms with E-state index in [2.05, 4.69) is 91.9 Å². The topological polar surface area (TPSA) is 17.1 Å². The highest BCUT2D eigenvalue weighted by Crippen LogP contribution is 2.39. The summed E-state index contributed by atoms with van der Waals surface area (Å²) >= 11 is 0. The van der Waals surface area contributed by atoms with Gasteiger partial charge in [-0.3, -0.25) is 4.79 Å². The first-order valence-electron chi connectivity index (χ1n) is 12.0. The van der Waals surface area contributed by atoms with Gasteiger partial charge in [0.2, 0.25) is 0 Å². The van der Waals surface area contributed by atoms with Crippen LogP contribution in [-0.2, 0) is 0 Å². The predicted octanol–water partition coefficient (Wildman–Crippen LogP) is 8.84.